The van der Waals surface area contributed by atoms with E-state index in [4.69, 9.17) is 5.26 Å². The van der Waals surface area contributed by atoms with Crippen LogP contribution in [0.5, 0.6) is 0 Å². The smallest absolute Gasteiger partial charge is 0.226 e. The number of nitrogens with one attached hydrogen (secondary N) is 1. The predicted octanol–water partition coefficient (Wildman–Crippen LogP) is 1.45. The van der Waals surface area contributed by atoms with Gasteiger partial charge in [0, 0.05) is 5.41 Å². The van der Waals surface area contributed by atoms with Gasteiger partial charge in [-0.2, -0.15) is 5.26 Å². The lowest BCUT2D eigenvalue weighted by atomic mass is 9.89. The summed E-state index contributed by atoms with van der Waals surface area (Å²) in [4.78, 5) is 11.4. The second-order valence-electron chi connectivity index (χ2n) is 3.56. The van der Waals surface area contributed by atoms with Crippen molar-refractivity contribution in [2.45, 2.75) is 40.2 Å². The van der Waals surface area contributed by atoms with Crippen LogP contribution in [0, 0.1) is 16.7 Å². The highest BCUT2D eigenvalue weighted by Gasteiger charge is 2.25. The zero-order chi connectivity index (χ0) is 9.78. The standard InChI is InChI=1S/C9H16N2O/c1-5-9(3,4)8(12)11-7(2)6-10/h7H,5H2,1-4H3,(H,11,12). The Morgan fingerprint density at radius 3 is 2.50 bits per heavy atom. The molecule has 3 heteroatoms. The lowest BCUT2D eigenvalue weighted by molar-refractivity contribution is -0.129. The summed E-state index contributed by atoms with van der Waals surface area (Å²) in [5.41, 5.74) is -0.370. The zero-order valence-electron chi connectivity index (χ0n) is 8.14. The van der Waals surface area contributed by atoms with E-state index in [1.807, 2.05) is 26.8 Å². The van der Waals surface area contributed by atoms with E-state index in [-0.39, 0.29) is 11.3 Å². The molecule has 0 saturated carbocycles. The molecule has 0 radical (unpaired) electrons. The highest BCUT2D eigenvalue weighted by Crippen LogP contribution is 2.19. The fraction of sp³-hybridized carbons (Fsp3) is 0.778. The molecule has 0 aromatic rings. The summed E-state index contributed by atoms with van der Waals surface area (Å²) in [5, 5.41) is 11.1. The maximum Gasteiger partial charge on any atom is 0.226 e. The number of rotatable bonds is 3. The van der Waals surface area contributed by atoms with Crippen molar-refractivity contribution in [2.75, 3.05) is 0 Å². The second-order valence-corrected chi connectivity index (χ2v) is 3.56. The summed E-state index contributed by atoms with van der Waals surface area (Å²) in [6.45, 7) is 7.36. The van der Waals surface area contributed by atoms with Gasteiger partial charge in [0.05, 0.1) is 6.07 Å². The largest absolute Gasteiger partial charge is 0.340 e. The van der Waals surface area contributed by atoms with Crippen molar-refractivity contribution < 1.29 is 4.79 Å². The van der Waals surface area contributed by atoms with E-state index in [2.05, 4.69) is 5.32 Å². The first-order valence-electron chi connectivity index (χ1n) is 4.14. The molecule has 0 bridgehead atoms. The molecule has 1 amide bonds. The van der Waals surface area contributed by atoms with Gasteiger partial charge in [-0.1, -0.05) is 20.8 Å². The number of hydrogen-bond donors (Lipinski definition) is 1. The summed E-state index contributed by atoms with van der Waals surface area (Å²) in [6.07, 6.45) is 0.775. The molecule has 1 N–H and O–H groups in total. The van der Waals surface area contributed by atoms with Crippen LogP contribution in [0.3, 0.4) is 0 Å². The molecule has 0 aromatic heterocycles. The quantitative estimate of drug-likeness (QED) is 0.693. The molecule has 0 spiro atoms. The molecule has 0 saturated heterocycles. The molecule has 12 heavy (non-hydrogen) atoms. The Morgan fingerprint density at radius 2 is 2.17 bits per heavy atom. The second kappa shape index (κ2) is 4.10. The fourth-order valence-electron chi connectivity index (χ4n) is 0.585. The van der Waals surface area contributed by atoms with Crippen LogP contribution in [0.15, 0.2) is 0 Å². The average molecular weight is 168 g/mol. The van der Waals surface area contributed by atoms with E-state index in [1.54, 1.807) is 6.92 Å². The molecule has 3 nitrogen and oxygen atoms in total. The number of hydrogen-bond acceptors (Lipinski definition) is 2. The highest BCUT2D eigenvalue weighted by atomic mass is 16.2. The summed E-state index contributed by atoms with van der Waals surface area (Å²) < 4.78 is 0. The van der Waals surface area contributed by atoms with Gasteiger partial charge in [-0.05, 0) is 13.3 Å². The predicted molar refractivity (Wildman–Crippen MR) is 47.3 cm³/mol. The van der Waals surface area contributed by atoms with E-state index in [9.17, 15) is 4.79 Å². The molecule has 1 unspecified atom stereocenters. The molecule has 0 aliphatic rings. The number of nitrogens with zero attached hydrogens (tertiary/aromatic N) is 1. The minimum absolute atomic E-state index is 0.0564. The van der Waals surface area contributed by atoms with Crippen molar-refractivity contribution in [1.82, 2.24) is 5.32 Å². The number of amides is 1. The molecule has 1 atom stereocenters. The van der Waals surface area contributed by atoms with Crippen molar-refractivity contribution in [2.24, 2.45) is 5.41 Å². The first-order valence-corrected chi connectivity index (χ1v) is 4.14. The average Bonchev–Trinajstić information content (AvgIpc) is 2.04. The van der Waals surface area contributed by atoms with Crippen molar-refractivity contribution >= 4 is 5.91 Å². The molecular formula is C9H16N2O. The van der Waals surface area contributed by atoms with E-state index in [0.29, 0.717) is 0 Å². The minimum atomic E-state index is -0.400. The third-order valence-electron chi connectivity index (χ3n) is 2.04. The molecule has 0 aliphatic heterocycles. The monoisotopic (exact) mass is 168 g/mol. The molecule has 0 fully saturated rings. The lowest BCUT2D eigenvalue weighted by Gasteiger charge is -2.22. The first kappa shape index (κ1) is 11.0. The number of nitriles is 1. The Morgan fingerprint density at radius 1 is 1.67 bits per heavy atom. The molecule has 0 aromatic carbocycles. The van der Waals surface area contributed by atoms with Gasteiger partial charge < -0.3 is 5.32 Å². The van der Waals surface area contributed by atoms with Crippen LogP contribution in [0.4, 0.5) is 0 Å². The Labute approximate surface area is 73.8 Å². The maximum atomic E-state index is 11.4. The van der Waals surface area contributed by atoms with Gasteiger partial charge in [0.25, 0.3) is 0 Å². The van der Waals surface area contributed by atoms with Crippen LogP contribution in [0.2, 0.25) is 0 Å². The Balaban J connectivity index is 4.15. The Kier molecular flexibility index (Phi) is 3.75. The molecule has 68 valence electrons. The fourth-order valence-corrected chi connectivity index (χ4v) is 0.585. The van der Waals surface area contributed by atoms with Crippen LogP contribution in [-0.4, -0.2) is 11.9 Å². The first-order chi connectivity index (χ1) is 5.44. The van der Waals surface area contributed by atoms with Gasteiger partial charge in [-0.3, -0.25) is 4.79 Å². The highest BCUT2D eigenvalue weighted by molar-refractivity contribution is 5.82. The van der Waals surface area contributed by atoms with Gasteiger partial charge >= 0.3 is 0 Å². The van der Waals surface area contributed by atoms with Crippen molar-refractivity contribution in [1.29, 1.82) is 5.26 Å². The van der Waals surface area contributed by atoms with Gasteiger partial charge in [0.2, 0.25) is 5.91 Å². The van der Waals surface area contributed by atoms with Crippen molar-refractivity contribution in [3.8, 4) is 6.07 Å². The lowest BCUT2D eigenvalue weighted by Crippen LogP contribution is -2.40. The SMILES string of the molecule is CCC(C)(C)C(=O)NC(C)C#N. The van der Waals surface area contributed by atoms with E-state index in [0.717, 1.165) is 6.42 Å². The van der Waals surface area contributed by atoms with Crippen molar-refractivity contribution in [3.05, 3.63) is 0 Å². The van der Waals surface area contributed by atoms with Crippen LogP contribution in [0.1, 0.15) is 34.1 Å². The zero-order valence-corrected chi connectivity index (χ0v) is 8.14. The van der Waals surface area contributed by atoms with Crippen LogP contribution in [0.25, 0.3) is 0 Å². The molecular weight excluding hydrogens is 152 g/mol. The molecule has 0 aliphatic carbocycles. The van der Waals surface area contributed by atoms with Gasteiger partial charge in [-0.25, -0.2) is 0 Å². The maximum absolute atomic E-state index is 11.4. The van der Waals surface area contributed by atoms with Gasteiger partial charge in [-0.15, -0.1) is 0 Å². The Bertz CT molecular complexity index is 203. The Hall–Kier alpha value is -1.04. The van der Waals surface area contributed by atoms with Crippen molar-refractivity contribution in [3.63, 3.8) is 0 Å². The summed E-state index contributed by atoms with van der Waals surface area (Å²) in [5.74, 6) is -0.0564. The number of carbonyl (C=O) groups excluding carboxylic acids is 1. The van der Waals surface area contributed by atoms with Crippen LogP contribution >= 0.6 is 0 Å². The molecule has 0 rings (SSSR count). The third kappa shape index (κ3) is 2.91. The number of carbonyl (C=O) groups is 1. The van der Waals surface area contributed by atoms with Gasteiger partial charge in [0.15, 0.2) is 0 Å². The van der Waals surface area contributed by atoms with Gasteiger partial charge in [0.1, 0.15) is 6.04 Å². The minimum Gasteiger partial charge on any atom is -0.340 e. The van der Waals surface area contributed by atoms with E-state index < -0.39 is 6.04 Å². The molecule has 0 heterocycles. The van der Waals surface area contributed by atoms with Crippen LogP contribution < -0.4 is 5.32 Å². The van der Waals surface area contributed by atoms with E-state index >= 15 is 0 Å². The summed E-state index contributed by atoms with van der Waals surface area (Å²) in [6, 6.07) is 1.56. The summed E-state index contributed by atoms with van der Waals surface area (Å²) in [7, 11) is 0. The van der Waals surface area contributed by atoms with Crippen LogP contribution in [-0.2, 0) is 4.79 Å². The third-order valence-corrected chi connectivity index (χ3v) is 2.04. The summed E-state index contributed by atoms with van der Waals surface area (Å²) >= 11 is 0. The normalized spacial score (nSPS) is 13.2. The van der Waals surface area contributed by atoms with E-state index in [1.165, 1.54) is 0 Å². The topological polar surface area (TPSA) is 52.9 Å².